The van der Waals surface area contributed by atoms with Crippen molar-refractivity contribution in [3.05, 3.63) is 18.0 Å². The highest BCUT2D eigenvalue weighted by atomic mass is 16.2. The molecule has 2 saturated heterocycles. The molecular formula is C13H18N4O2. The van der Waals surface area contributed by atoms with E-state index in [1.165, 1.54) is 0 Å². The molecule has 0 aliphatic carbocycles. The van der Waals surface area contributed by atoms with Gasteiger partial charge in [-0.15, -0.1) is 0 Å². The first-order chi connectivity index (χ1) is 9.10. The van der Waals surface area contributed by atoms with Crippen molar-refractivity contribution in [2.24, 2.45) is 7.05 Å². The minimum Gasteiger partial charge on any atom is -0.351 e. The lowest BCUT2D eigenvalue weighted by Crippen LogP contribution is -2.52. The van der Waals surface area contributed by atoms with E-state index >= 15 is 0 Å². The van der Waals surface area contributed by atoms with E-state index < -0.39 is 0 Å². The van der Waals surface area contributed by atoms with Gasteiger partial charge in [0.2, 0.25) is 5.91 Å². The van der Waals surface area contributed by atoms with Crippen molar-refractivity contribution in [1.29, 1.82) is 0 Å². The fourth-order valence-electron chi connectivity index (χ4n) is 3.03. The Kier molecular flexibility index (Phi) is 2.80. The summed E-state index contributed by atoms with van der Waals surface area (Å²) >= 11 is 0. The van der Waals surface area contributed by atoms with Gasteiger partial charge in [-0.1, -0.05) is 0 Å². The normalized spacial score (nSPS) is 21.7. The molecule has 0 unspecified atom stereocenters. The van der Waals surface area contributed by atoms with Gasteiger partial charge in [0.15, 0.2) is 0 Å². The van der Waals surface area contributed by atoms with E-state index in [9.17, 15) is 9.59 Å². The highest BCUT2D eigenvalue weighted by Gasteiger charge is 2.41. The largest absolute Gasteiger partial charge is 0.351 e. The molecule has 19 heavy (non-hydrogen) atoms. The van der Waals surface area contributed by atoms with E-state index in [-0.39, 0.29) is 17.4 Å². The second-order valence-corrected chi connectivity index (χ2v) is 5.46. The minimum absolute atomic E-state index is 0.0270. The van der Waals surface area contributed by atoms with Crippen LogP contribution in [-0.2, 0) is 11.8 Å². The van der Waals surface area contributed by atoms with Gasteiger partial charge < -0.3 is 10.2 Å². The van der Waals surface area contributed by atoms with Gasteiger partial charge in [0.25, 0.3) is 5.91 Å². The molecule has 3 rings (SSSR count). The second-order valence-electron chi connectivity index (χ2n) is 5.46. The van der Waals surface area contributed by atoms with E-state index in [1.807, 2.05) is 4.90 Å². The average Bonchev–Trinajstić information content (AvgIpc) is 2.97. The third-order valence-electron chi connectivity index (χ3n) is 4.28. The molecule has 0 saturated carbocycles. The molecule has 1 aromatic heterocycles. The molecule has 6 nitrogen and oxygen atoms in total. The molecule has 1 spiro atoms. The lowest BCUT2D eigenvalue weighted by atomic mass is 9.86. The maximum atomic E-state index is 12.3. The van der Waals surface area contributed by atoms with E-state index in [0.29, 0.717) is 25.2 Å². The van der Waals surface area contributed by atoms with Crippen LogP contribution in [0.4, 0.5) is 0 Å². The molecule has 0 bridgehead atoms. The van der Waals surface area contributed by atoms with Gasteiger partial charge in [-0.05, 0) is 25.3 Å². The summed E-state index contributed by atoms with van der Waals surface area (Å²) in [7, 11) is 1.77. The first-order valence-corrected chi connectivity index (χ1v) is 6.68. The summed E-state index contributed by atoms with van der Waals surface area (Å²) in [5.74, 6) is 0.172. The summed E-state index contributed by atoms with van der Waals surface area (Å²) in [6.07, 6.45) is 4.86. The molecule has 0 atom stereocenters. The van der Waals surface area contributed by atoms with Crippen molar-refractivity contribution in [3.8, 4) is 0 Å². The molecular weight excluding hydrogens is 244 g/mol. The molecule has 2 aliphatic heterocycles. The highest BCUT2D eigenvalue weighted by Crippen LogP contribution is 2.31. The SMILES string of the molecule is Cn1nccc1C(=O)N1CCC2(CCC(=O)N2)CC1. The third-order valence-corrected chi connectivity index (χ3v) is 4.28. The lowest BCUT2D eigenvalue weighted by Gasteiger charge is -2.39. The maximum Gasteiger partial charge on any atom is 0.272 e. The van der Waals surface area contributed by atoms with Crippen LogP contribution in [0.15, 0.2) is 12.3 Å². The van der Waals surface area contributed by atoms with Crippen LogP contribution >= 0.6 is 0 Å². The molecule has 1 aromatic rings. The van der Waals surface area contributed by atoms with Gasteiger partial charge in [0, 0.05) is 38.3 Å². The zero-order valence-corrected chi connectivity index (χ0v) is 11.1. The molecule has 2 fully saturated rings. The third kappa shape index (κ3) is 2.11. The molecule has 0 radical (unpaired) electrons. The Hall–Kier alpha value is -1.85. The number of rotatable bonds is 1. The lowest BCUT2D eigenvalue weighted by molar-refractivity contribution is -0.120. The number of piperidine rings is 1. The molecule has 1 N–H and O–H groups in total. The fourth-order valence-corrected chi connectivity index (χ4v) is 3.03. The maximum absolute atomic E-state index is 12.3. The Morgan fingerprint density at radius 3 is 2.63 bits per heavy atom. The van der Waals surface area contributed by atoms with Gasteiger partial charge in [-0.25, -0.2) is 0 Å². The topological polar surface area (TPSA) is 67.2 Å². The Morgan fingerprint density at radius 2 is 2.11 bits per heavy atom. The highest BCUT2D eigenvalue weighted by molar-refractivity contribution is 5.92. The number of hydrogen-bond donors (Lipinski definition) is 1. The number of nitrogens with one attached hydrogen (secondary N) is 1. The van der Waals surface area contributed by atoms with Crippen LogP contribution in [-0.4, -0.2) is 45.1 Å². The Bertz CT molecular complexity index is 514. The van der Waals surface area contributed by atoms with Crippen molar-refractivity contribution in [3.63, 3.8) is 0 Å². The van der Waals surface area contributed by atoms with Crippen molar-refractivity contribution >= 4 is 11.8 Å². The van der Waals surface area contributed by atoms with Crippen LogP contribution in [0.1, 0.15) is 36.2 Å². The number of aryl methyl sites for hydroxylation is 1. The second kappa shape index (κ2) is 4.36. The van der Waals surface area contributed by atoms with Crippen LogP contribution < -0.4 is 5.32 Å². The van der Waals surface area contributed by atoms with Crippen LogP contribution in [0, 0.1) is 0 Å². The van der Waals surface area contributed by atoms with Gasteiger partial charge in [-0.3, -0.25) is 14.3 Å². The van der Waals surface area contributed by atoms with Crippen LogP contribution in [0.3, 0.4) is 0 Å². The monoisotopic (exact) mass is 262 g/mol. The summed E-state index contributed by atoms with van der Waals surface area (Å²) in [6.45, 7) is 1.40. The number of aromatic nitrogens is 2. The first kappa shape index (κ1) is 12.2. The number of amides is 2. The number of hydrogen-bond acceptors (Lipinski definition) is 3. The van der Waals surface area contributed by atoms with Crippen LogP contribution in [0.25, 0.3) is 0 Å². The Balaban J connectivity index is 1.66. The zero-order valence-electron chi connectivity index (χ0n) is 11.1. The number of carbonyl (C=O) groups is 2. The molecule has 6 heteroatoms. The van der Waals surface area contributed by atoms with Crippen molar-refractivity contribution in [2.45, 2.75) is 31.2 Å². The zero-order chi connectivity index (χ0) is 13.5. The first-order valence-electron chi connectivity index (χ1n) is 6.68. The van der Waals surface area contributed by atoms with Gasteiger partial charge in [0.05, 0.1) is 0 Å². The Morgan fingerprint density at radius 1 is 1.37 bits per heavy atom. The molecule has 2 amide bonds. The summed E-state index contributed by atoms with van der Waals surface area (Å²) in [6, 6.07) is 1.74. The van der Waals surface area contributed by atoms with E-state index in [4.69, 9.17) is 0 Å². The standard InChI is InChI=1S/C13H18N4O2/c1-16-10(3-7-14-16)12(19)17-8-5-13(6-9-17)4-2-11(18)15-13/h3,7H,2,4-6,8-9H2,1H3,(H,15,18). The van der Waals surface area contributed by atoms with E-state index in [0.717, 1.165) is 19.3 Å². The molecule has 102 valence electrons. The summed E-state index contributed by atoms with van der Waals surface area (Å²) < 4.78 is 1.60. The number of nitrogens with zero attached hydrogens (tertiary/aromatic N) is 3. The molecule has 0 aromatic carbocycles. The van der Waals surface area contributed by atoms with Crippen LogP contribution in [0.2, 0.25) is 0 Å². The summed E-state index contributed by atoms with van der Waals surface area (Å²) in [5.41, 5.74) is 0.562. The Labute approximate surface area is 111 Å². The van der Waals surface area contributed by atoms with Gasteiger partial charge >= 0.3 is 0 Å². The van der Waals surface area contributed by atoms with Gasteiger partial charge in [0.1, 0.15) is 5.69 Å². The minimum atomic E-state index is -0.0552. The predicted octanol–water partition coefficient (Wildman–Crippen LogP) is 0.305. The summed E-state index contributed by atoms with van der Waals surface area (Å²) in [4.78, 5) is 25.5. The fraction of sp³-hybridized carbons (Fsp3) is 0.615. The van der Waals surface area contributed by atoms with Crippen molar-refractivity contribution in [2.75, 3.05) is 13.1 Å². The van der Waals surface area contributed by atoms with E-state index in [1.54, 1.807) is 24.0 Å². The van der Waals surface area contributed by atoms with Crippen molar-refractivity contribution in [1.82, 2.24) is 20.0 Å². The van der Waals surface area contributed by atoms with E-state index in [2.05, 4.69) is 10.4 Å². The number of likely N-dealkylation sites (tertiary alicyclic amines) is 1. The quantitative estimate of drug-likeness (QED) is 0.792. The number of carbonyl (C=O) groups excluding carboxylic acids is 2. The summed E-state index contributed by atoms with van der Waals surface area (Å²) in [5, 5.41) is 7.11. The smallest absolute Gasteiger partial charge is 0.272 e. The van der Waals surface area contributed by atoms with Crippen molar-refractivity contribution < 1.29 is 9.59 Å². The molecule has 2 aliphatic rings. The van der Waals surface area contributed by atoms with Gasteiger partial charge in [-0.2, -0.15) is 5.10 Å². The molecule has 3 heterocycles. The predicted molar refractivity (Wildman–Crippen MR) is 68.5 cm³/mol. The van der Waals surface area contributed by atoms with Crippen LogP contribution in [0.5, 0.6) is 0 Å². The average molecular weight is 262 g/mol.